The fourth-order valence-electron chi connectivity index (χ4n) is 5.74. The van der Waals surface area contributed by atoms with Crippen LogP contribution in [0, 0.1) is 25.3 Å². The van der Waals surface area contributed by atoms with Gasteiger partial charge in [-0.1, -0.05) is 74.1 Å². The molecule has 0 spiro atoms. The summed E-state index contributed by atoms with van der Waals surface area (Å²) >= 11 is 0. The van der Waals surface area contributed by atoms with E-state index in [0.29, 0.717) is 26.2 Å². The highest BCUT2D eigenvalue weighted by Crippen LogP contribution is 2.44. The molecule has 0 saturated carbocycles. The Bertz CT molecular complexity index is 1410. The number of amides is 1. The number of carbonyl (C=O) groups is 1. The van der Waals surface area contributed by atoms with Crippen LogP contribution in [0.4, 0.5) is 10.5 Å². The van der Waals surface area contributed by atoms with E-state index in [0.717, 1.165) is 24.2 Å². The van der Waals surface area contributed by atoms with E-state index in [4.69, 9.17) is 10.5 Å². The Kier molecular flexibility index (Phi) is 7.57. The molecule has 6 heteroatoms. The van der Waals surface area contributed by atoms with E-state index < -0.39 is 8.07 Å². The molecule has 0 bridgehead atoms. The Morgan fingerprint density at radius 3 is 2.10 bits per heavy atom. The largest absolute Gasteiger partial charge is 0.448 e. The first-order valence-electron chi connectivity index (χ1n) is 13.9. The van der Waals surface area contributed by atoms with Gasteiger partial charge >= 0.3 is 6.09 Å². The van der Waals surface area contributed by atoms with Crippen molar-refractivity contribution < 1.29 is 9.53 Å². The summed E-state index contributed by atoms with van der Waals surface area (Å²) in [7, 11) is -1.51. The Balaban J connectivity index is 1.26. The average molecular weight is 538 g/mol. The highest BCUT2D eigenvalue weighted by atomic mass is 28.3. The Labute approximate surface area is 234 Å². The maximum atomic E-state index is 13.1. The molecule has 1 heterocycles. The van der Waals surface area contributed by atoms with Crippen LogP contribution in [-0.2, 0) is 11.3 Å². The normalized spacial score (nSPS) is 14.9. The second-order valence-electron chi connectivity index (χ2n) is 11.7. The molecule has 202 valence electrons. The fourth-order valence-corrected chi connectivity index (χ4v) is 6.24. The minimum absolute atomic E-state index is 0.0724. The predicted molar refractivity (Wildman–Crippen MR) is 163 cm³/mol. The second kappa shape index (κ2) is 10.9. The lowest BCUT2D eigenvalue weighted by atomic mass is 9.95. The molecule has 39 heavy (non-hydrogen) atoms. The predicted octanol–water partition coefficient (Wildman–Crippen LogP) is 6.06. The van der Waals surface area contributed by atoms with Crippen molar-refractivity contribution in [1.29, 1.82) is 0 Å². The Morgan fingerprint density at radius 1 is 0.949 bits per heavy atom. The number of hydrogen-bond acceptors (Lipinski definition) is 4. The van der Waals surface area contributed by atoms with Crippen molar-refractivity contribution in [2.75, 3.05) is 37.7 Å². The molecule has 1 fully saturated rings. The lowest BCUT2D eigenvalue weighted by Crippen LogP contribution is -2.49. The molecule has 1 aliphatic carbocycles. The molecule has 3 aromatic rings. The highest BCUT2D eigenvalue weighted by molar-refractivity contribution is 6.83. The quantitative estimate of drug-likeness (QED) is 0.325. The summed E-state index contributed by atoms with van der Waals surface area (Å²) in [6, 6.07) is 19.1. The minimum atomic E-state index is -1.51. The third kappa shape index (κ3) is 5.47. The number of piperazine rings is 1. The number of benzene rings is 3. The van der Waals surface area contributed by atoms with Gasteiger partial charge in [-0.05, 0) is 58.9 Å². The molecule has 5 rings (SSSR count). The van der Waals surface area contributed by atoms with E-state index in [9.17, 15) is 4.79 Å². The minimum Gasteiger partial charge on any atom is -0.448 e. The van der Waals surface area contributed by atoms with Gasteiger partial charge in [0.15, 0.2) is 0 Å². The zero-order chi connectivity index (χ0) is 27.7. The van der Waals surface area contributed by atoms with Crippen molar-refractivity contribution in [2.24, 2.45) is 5.73 Å². The molecule has 0 unspecified atom stereocenters. The molecule has 3 aromatic carbocycles. The first kappa shape index (κ1) is 27.0. The smallest absolute Gasteiger partial charge is 0.409 e. The third-order valence-corrected chi connectivity index (χ3v) is 8.80. The van der Waals surface area contributed by atoms with Crippen LogP contribution in [0.1, 0.15) is 39.3 Å². The fraction of sp³-hybridized carbons (Fsp3) is 0.364. The van der Waals surface area contributed by atoms with Gasteiger partial charge in [-0.15, -0.1) is 5.54 Å². The topological polar surface area (TPSA) is 58.8 Å². The molecule has 0 atom stereocenters. The van der Waals surface area contributed by atoms with Crippen LogP contribution in [-0.4, -0.2) is 51.9 Å². The number of rotatable bonds is 4. The maximum Gasteiger partial charge on any atom is 0.409 e. The number of fused-ring (bicyclic) bond motifs is 3. The van der Waals surface area contributed by atoms with Crippen LogP contribution in [0.2, 0.25) is 19.6 Å². The summed E-state index contributed by atoms with van der Waals surface area (Å²) in [5.74, 6) is 3.58. The van der Waals surface area contributed by atoms with Crippen LogP contribution < -0.4 is 10.6 Å². The first-order valence-corrected chi connectivity index (χ1v) is 17.4. The molecule has 0 radical (unpaired) electrons. The van der Waals surface area contributed by atoms with E-state index in [1.807, 2.05) is 4.90 Å². The highest BCUT2D eigenvalue weighted by Gasteiger charge is 2.30. The molecule has 0 aromatic heterocycles. The van der Waals surface area contributed by atoms with Gasteiger partial charge in [-0.3, -0.25) is 0 Å². The molecule has 2 N–H and O–H groups in total. The van der Waals surface area contributed by atoms with Crippen LogP contribution in [0.25, 0.3) is 11.1 Å². The first-order chi connectivity index (χ1) is 18.7. The summed E-state index contributed by atoms with van der Waals surface area (Å²) in [6.07, 6.45) is -0.235. The zero-order valence-electron chi connectivity index (χ0n) is 23.8. The van der Waals surface area contributed by atoms with Crippen molar-refractivity contribution in [3.05, 3.63) is 88.0 Å². The van der Waals surface area contributed by atoms with E-state index in [-0.39, 0.29) is 12.0 Å². The van der Waals surface area contributed by atoms with Gasteiger partial charge < -0.3 is 20.3 Å². The summed E-state index contributed by atoms with van der Waals surface area (Å²) in [5, 5.41) is 0. The van der Waals surface area contributed by atoms with E-state index >= 15 is 0 Å². The van der Waals surface area contributed by atoms with Crippen molar-refractivity contribution in [2.45, 2.75) is 46.0 Å². The molecule has 1 saturated heterocycles. The van der Waals surface area contributed by atoms with Crippen LogP contribution in [0.15, 0.2) is 54.6 Å². The molecule has 2 aliphatic rings. The van der Waals surface area contributed by atoms with E-state index in [1.165, 1.54) is 39.1 Å². The summed E-state index contributed by atoms with van der Waals surface area (Å²) in [5.41, 5.74) is 20.4. The van der Waals surface area contributed by atoms with Crippen LogP contribution >= 0.6 is 0 Å². The Hall–Kier alpha value is -3.53. The Morgan fingerprint density at radius 2 is 1.54 bits per heavy atom. The van der Waals surface area contributed by atoms with Gasteiger partial charge in [0.25, 0.3) is 0 Å². The molecular formula is C33H39N3O2Si. The van der Waals surface area contributed by atoms with Crippen molar-refractivity contribution in [1.82, 2.24) is 4.90 Å². The number of nitrogens with zero attached hydrogens (tertiary/aromatic N) is 2. The second-order valence-corrected chi connectivity index (χ2v) is 16.4. The summed E-state index contributed by atoms with van der Waals surface area (Å²) in [6.45, 7) is 14.7. The molecule has 5 nitrogen and oxygen atoms in total. The van der Waals surface area contributed by atoms with Gasteiger partial charge in [0.05, 0.1) is 0 Å². The SMILES string of the molecule is Cc1c(CN)cc(N2CCN(C(=O)OCC3c4ccccc4-c4ccccc43)CC2)c(C)c1C#C[Si](C)(C)C. The van der Waals surface area contributed by atoms with E-state index in [1.54, 1.807) is 0 Å². The number of anilines is 1. The van der Waals surface area contributed by atoms with Crippen molar-refractivity contribution >= 4 is 19.9 Å². The van der Waals surface area contributed by atoms with Gasteiger partial charge in [0, 0.05) is 49.9 Å². The summed E-state index contributed by atoms with van der Waals surface area (Å²) in [4.78, 5) is 17.3. The molecule has 1 amide bonds. The molecular weight excluding hydrogens is 498 g/mol. The van der Waals surface area contributed by atoms with Gasteiger partial charge in [-0.2, -0.15) is 0 Å². The van der Waals surface area contributed by atoms with Crippen molar-refractivity contribution in [3.63, 3.8) is 0 Å². The van der Waals surface area contributed by atoms with Crippen LogP contribution in [0.3, 0.4) is 0 Å². The monoisotopic (exact) mass is 537 g/mol. The standard InChI is InChI=1S/C33H39N3O2Si/c1-23-25(21-34)20-32(24(2)26(23)14-19-39(3,4)5)35-15-17-36(18-16-35)33(37)38-22-31-29-12-8-6-10-27(29)28-11-7-9-13-30(28)31/h6-13,20,31H,15-18,21-22,34H2,1-5H3. The number of hydrogen-bond donors (Lipinski definition) is 1. The average Bonchev–Trinajstić information content (AvgIpc) is 3.25. The number of carbonyl (C=O) groups excluding carboxylic acids is 1. The van der Waals surface area contributed by atoms with Crippen molar-refractivity contribution in [3.8, 4) is 22.6 Å². The van der Waals surface area contributed by atoms with Gasteiger partial charge in [-0.25, -0.2) is 4.79 Å². The lowest BCUT2D eigenvalue weighted by molar-refractivity contribution is 0.0977. The van der Waals surface area contributed by atoms with Gasteiger partial charge in [0.1, 0.15) is 14.7 Å². The number of nitrogens with two attached hydrogens (primary N) is 1. The molecule has 1 aliphatic heterocycles. The zero-order valence-corrected chi connectivity index (χ0v) is 24.8. The summed E-state index contributed by atoms with van der Waals surface area (Å²) < 4.78 is 5.92. The van der Waals surface area contributed by atoms with E-state index in [2.05, 4.69) is 104 Å². The van der Waals surface area contributed by atoms with Gasteiger partial charge in [0.2, 0.25) is 0 Å². The number of ether oxygens (including phenoxy) is 1. The van der Waals surface area contributed by atoms with Crippen LogP contribution in [0.5, 0.6) is 0 Å². The lowest BCUT2D eigenvalue weighted by Gasteiger charge is -2.37. The third-order valence-electron chi connectivity index (χ3n) is 7.92. The maximum absolute atomic E-state index is 13.1.